The van der Waals surface area contributed by atoms with Gasteiger partial charge in [-0.25, -0.2) is 4.98 Å². The molecule has 0 atom stereocenters. The van der Waals surface area contributed by atoms with E-state index in [0.717, 1.165) is 0 Å². The number of hydrogen-bond donors (Lipinski definition) is 2. The summed E-state index contributed by atoms with van der Waals surface area (Å²) in [5, 5.41) is -0.421. The van der Waals surface area contributed by atoms with Crippen molar-refractivity contribution in [1.29, 1.82) is 0 Å². The van der Waals surface area contributed by atoms with E-state index in [9.17, 15) is 25.9 Å². The largest absolute Gasteiger partial charge is 0.313 e. The highest BCUT2D eigenvalue weighted by Crippen LogP contribution is 2.44. The number of nitrogens with zero attached hydrogens (tertiary/aromatic N) is 2. The first kappa shape index (κ1) is 22.1. The van der Waals surface area contributed by atoms with Crippen LogP contribution >= 0.6 is 0 Å². The normalized spacial score (nSPS) is 12.3. The Kier molecular flexibility index (Phi) is 5.18. The van der Waals surface area contributed by atoms with Gasteiger partial charge in [0, 0.05) is 22.5 Å². The van der Waals surface area contributed by atoms with Gasteiger partial charge in [0.1, 0.15) is 4.90 Å². The molecule has 0 saturated heterocycles. The van der Waals surface area contributed by atoms with Crippen molar-refractivity contribution in [3.05, 3.63) is 85.1 Å². The molecule has 0 saturated carbocycles. The molecular weight excluding hydrogens is 476 g/mol. The van der Waals surface area contributed by atoms with Crippen LogP contribution in [0, 0.1) is 0 Å². The van der Waals surface area contributed by atoms with Crippen LogP contribution in [-0.2, 0) is 20.2 Å². The average Bonchev–Trinajstić information content (AvgIpc) is 2.82. The lowest BCUT2D eigenvalue weighted by Gasteiger charge is -2.18. The molecule has 8 nitrogen and oxygen atoms in total. The molecule has 2 aromatic heterocycles. The standard InChI is InChI=1S/C24H16N2O6S2/c27-33(28,29)23-20(16-10-5-2-6-11-16)21-18(15-8-3-1-4-9-15)14-19-17(12-7-13-25-19)22(21)26-24(23)34(30,31)32/h1-14H,(H,27,28,29)(H,30,31,32). The Morgan fingerprint density at radius 2 is 1.32 bits per heavy atom. The smallest absolute Gasteiger partial charge is 0.282 e. The highest BCUT2D eigenvalue weighted by atomic mass is 32.2. The quantitative estimate of drug-likeness (QED) is 0.274. The molecular formula is C24H16N2O6S2. The molecule has 2 N–H and O–H groups in total. The summed E-state index contributed by atoms with van der Waals surface area (Å²) in [6.07, 6.45) is 1.57. The fourth-order valence-electron chi connectivity index (χ4n) is 4.09. The van der Waals surface area contributed by atoms with Crippen LogP contribution in [0.15, 0.2) is 95.0 Å². The molecule has 3 aromatic carbocycles. The second kappa shape index (κ2) is 7.96. The monoisotopic (exact) mass is 492 g/mol. The molecule has 5 aromatic rings. The molecule has 0 aliphatic carbocycles. The van der Waals surface area contributed by atoms with E-state index < -0.39 is 30.2 Å². The van der Waals surface area contributed by atoms with Gasteiger partial charge in [0.2, 0.25) is 5.03 Å². The van der Waals surface area contributed by atoms with E-state index in [2.05, 4.69) is 9.97 Å². The predicted octanol–water partition coefficient (Wildman–Crippen LogP) is 4.61. The third-order valence-electron chi connectivity index (χ3n) is 5.42. The second-order valence-corrected chi connectivity index (χ2v) is 10.2. The van der Waals surface area contributed by atoms with Crippen LogP contribution in [0.2, 0.25) is 0 Å². The summed E-state index contributed by atoms with van der Waals surface area (Å²) in [7, 11) is -10.3. The van der Waals surface area contributed by atoms with Crippen LogP contribution in [0.1, 0.15) is 0 Å². The molecule has 5 rings (SSSR count). The van der Waals surface area contributed by atoms with Crippen molar-refractivity contribution < 1.29 is 25.9 Å². The van der Waals surface area contributed by atoms with E-state index in [0.29, 0.717) is 27.6 Å². The summed E-state index contributed by atoms with van der Waals surface area (Å²) in [5.74, 6) is 0. The van der Waals surface area contributed by atoms with Gasteiger partial charge < -0.3 is 0 Å². The van der Waals surface area contributed by atoms with Gasteiger partial charge >= 0.3 is 10.1 Å². The van der Waals surface area contributed by atoms with Gasteiger partial charge in [0.05, 0.1) is 11.0 Å². The van der Waals surface area contributed by atoms with Crippen LogP contribution in [0.4, 0.5) is 0 Å². The lowest BCUT2D eigenvalue weighted by atomic mass is 9.92. The predicted molar refractivity (Wildman–Crippen MR) is 128 cm³/mol. The fraction of sp³-hybridized carbons (Fsp3) is 0. The molecule has 10 heteroatoms. The molecule has 0 bridgehead atoms. The lowest BCUT2D eigenvalue weighted by Crippen LogP contribution is -2.13. The minimum absolute atomic E-state index is 0.0923. The maximum atomic E-state index is 12.6. The summed E-state index contributed by atoms with van der Waals surface area (Å²) >= 11 is 0. The zero-order valence-electron chi connectivity index (χ0n) is 17.3. The fourth-order valence-corrected chi connectivity index (χ4v) is 6.00. The van der Waals surface area contributed by atoms with Crippen molar-refractivity contribution >= 4 is 42.0 Å². The van der Waals surface area contributed by atoms with Crippen LogP contribution < -0.4 is 0 Å². The topological polar surface area (TPSA) is 135 Å². The molecule has 2 heterocycles. The minimum Gasteiger partial charge on any atom is -0.282 e. The molecule has 0 unspecified atom stereocenters. The van der Waals surface area contributed by atoms with E-state index in [1.807, 2.05) is 18.2 Å². The van der Waals surface area contributed by atoms with Gasteiger partial charge in [-0.05, 0) is 34.9 Å². The molecule has 170 valence electrons. The molecule has 0 aliphatic rings. The molecule has 34 heavy (non-hydrogen) atoms. The maximum Gasteiger partial charge on any atom is 0.313 e. The van der Waals surface area contributed by atoms with Crippen molar-refractivity contribution in [2.75, 3.05) is 0 Å². The van der Waals surface area contributed by atoms with E-state index in [1.165, 1.54) is 0 Å². The maximum absolute atomic E-state index is 12.6. The highest BCUT2D eigenvalue weighted by Gasteiger charge is 2.33. The number of rotatable bonds is 4. The van der Waals surface area contributed by atoms with Crippen molar-refractivity contribution in [2.24, 2.45) is 0 Å². The molecule has 0 amide bonds. The molecule has 0 radical (unpaired) electrons. The van der Waals surface area contributed by atoms with Crippen LogP contribution in [0.25, 0.3) is 44.1 Å². The number of pyridine rings is 2. The van der Waals surface area contributed by atoms with Crippen LogP contribution in [0.3, 0.4) is 0 Å². The van der Waals surface area contributed by atoms with Gasteiger partial charge in [-0.15, -0.1) is 0 Å². The van der Waals surface area contributed by atoms with Crippen molar-refractivity contribution in [3.8, 4) is 22.3 Å². The number of fused-ring (bicyclic) bond motifs is 3. The van der Waals surface area contributed by atoms with E-state index in [-0.39, 0.29) is 16.5 Å². The van der Waals surface area contributed by atoms with Crippen LogP contribution in [0.5, 0.6) is 0 Å². The lowest BCUT2D eigenvalue weighted by molar-refractivity contribution is 0.463. The van der Waals surface area contributed by atoms with E-state index >= 15 is 0 Å². The zero-order valence-corrected chi connectivity index (χ0v) is 19.0. The highest BCUT2D eigenvalue weighted by molar-refractivity contribution is 7.89. The Balaban J connectivity index is 2.18. The SMILES string of the molecule is O=S(=O)(O)c1nc2c(c(-c3ccccc3)cc3ncccc32)c(-c2ccccc2)c1S(=O)(=O)O. The first-order chi connectivity index (χ1) is 16.2. The summed E-state index contributed by atoms with van der Waals surface area (Å²) in [5.41, 5.74) is 2.04. The summed E-state index contributed by atoms with van der Waals surface area (Å²) in [4.78, 5) is 7.47. The number of aromatic nitrogens is 2. The molecule has 0 fully saturated rings. The number of benzene rings is 3. The van der Waals surface area contributed by atoms with Gasteiger partial charge in [-0.3, -0.25) is 14.1 Å². The van der Waals surface area contributed by atoms with Gasteiger partial charge in [-0.2, -0.15) is 16.8 Å². The zero-order chi connectivity index (χ0) is 24.1. The second-order valence-electron chi connectivity index (χ2n) is 7.52. The van der Waals surface area contributed by atoms with Crippen molar-refractivity contribution in [3.63, 3.8) is 0 Å². The minimum atomic E-state index is -5.16. The van der Waals surface area contributed by atoms with Gasteiger partial charge in [0.15, 0.2) is 0 Å². The Labute approximate surface area is 195 Å². The average molecular weight is 493 g/mol. The van der Waals surface area contributed by atoms with E-state index in [4.69, 9.17) is 0 Å². The summed E-state index contributed by atoms with van der Waals surface area (Å²) < 4.78 is 69.9. The third-order valence-corrected chi connectivity index (χ3v) is 7.24. The number of hydrogen-bond acceptors (Lipinski definition) is 6. The molecule has 0 aliphatic heterocycles. The Morgan fingerprint density at radius 3 is 1.91 bits per heavy atom. The summed E-state index contributed by atoms with van der Waals surface area (Å²) in [6, 6.07) is 22.3. The Morgan fingerprint density at radius 1 is 0.706 bits per heavy atom. The van der Waals surface area contributed by atoms with Crippen molar-refractivity contribution in [2.45, 2.75) is 9.92 Å². The van der Waals surface area contributed by atoms with Crippen LogP contribution in [-0.4, -0.2) is 35.9 Å². The first-order valence-electron chi connectivity index (χ1n) is 9.97. The summed E-state index contributed by atoms with van der Waals surface area (Å²) in [6.45, 7) is 0. The van der Waals surface area contributed by atoms with Gasteiger partial charge in [-0.1, -0.05) is 60.7 Å². The Bertz CT molecular complexity index is 1790. The Hall–Kier alpha value is -3.70. The van der Waals surface area contributed by atoms with Crippen molar-refractivity contribution in [1.82, 2.24) is 9.97 Å². The van der Waals surface area contributed by atoms with Gasteiger partial charge in [0.25, 0.3) is 10.1 Å². The third kappa shape index (κ3) is 3.72. The van der Waals surface area contributed by atoms with E-state index in [1.54, 1.807) is 66.9 Å². The first-order valence-corrected chi connectivity index (χ1v) is 12.9. The molecule has 0 spiro atoms.